The lowest BCUT2D eigenvalue weighted by Gasteiger charge is -2.17. The number of rotatable bonds is 5. The molecular weight excluding hydrogens is 332 g/mol. The minimum atomic E-state index is -0.330. The van der Waals surface area contributed by atoms with E-state index in [0.29, 0.717) is 12.1 Å². The highest BCUT2D eigenvalue weighted by molar-refractivity contribution is 9.10. The van der Waals surface area contributed by atoms with Gasteiger partial charge in [0.05, 0.1) is 12.6 Å². The number of amides is 2. The lowest BCUT2D eigenvalue weighted by molar-refractivity contribution is 0.224. The van der Waals surface area contributed by atoms with Crippen molar-refractivity contribution in [1.29, 1.82) is 0 Å². The molecule has 0 fully saturated rings. The first-order chi connectivity index (χ1) is 10.2. The molecule has 0 aliphatic rings. The Hall–Kier alpha value is -1.85. The number of hydrogen-bond acceptors (Lipinski definition) is 2. The summed E-state index contributed by atoms with van der Waals surface area (Å²) in [5.41, 5.74) is 1.76. The molecule has 0 bridgehead atoms. The third-order valence-corrected chi connectivity index (χ3v) is 3.46. The first kappa shape index (κ1) is 15.5. The van der Waals surface area contributed by atoms with E-state index in [2.05, 4.69) is 26.6 Å². The van der Waals surface area contributed by atoms with Crippen molar-refractivity contribution in [3.63, 3.8) is 0 Å². The molecule has 2 aromatic carbocycles. The van der Waals surface area contributed by atoms with E-state index in [0.717, 1.165) is 10.0 Å². The normalized spacial score (nSPS) is 11.7. The maximum atomic E-state index is 11.9. The summed E-state index contributed by atoms with van der Waals surface area (Å²) >= 11 is 3.35. The predicted molar refractivity (Wildman–Crippen MR) is 87.3 cm³/mol. The molecule has 0 aliphatic heterocycles. The third-order valence-electron chi connectivity index (χ3n) is 2.96. The van der Waals surface area contributed by atoms with Crippen LogP contribution in [0.25, 0.3) is 0 Å². The Kier molecular flexibility index (Phi) is 5.78. The van der Waals surface area contributed by atoms with Crippen LogP contribution in [-0.2, 0) is 6.42 Å². The van der Waals surface area contributed by atoms with Gasteiger partial charge < -0.3 is 15.7 Å². The highest BCUT2D eigenvalue weighted by atomic mass is 79.9. The maximum absolute atomic E-state index is 11.9. The molecule has 0 aromatic heterocycles. The Morgan fingerprint density at radius 3 is 2.57 bits per heavy atom. The fourth-order valence-corrected chi connectivity index (χ4v) is 2.38. The molecule has 21 heavy (non-hydrogen) atoms. The standard InChI is InChI=1S/C16H17BrN2O2/c17-13-7-4-8-14(10-13)18-16(21)19-15(11-20)9-12-5-2-1-3-6-12/h1-8,10,15,20H,9,11H2,(H2,18,19,21). The van der Waals surface area contributed by atoms with Gasteiger partial charge in [0.1, 0.15) is 0 Å². The van der Waals surface area contributed by atoms with E-state index in [1.54, 1.807) is 6.07 Å². The van der Waals surface area contributed by atoms with Crippen LogP contribution < -0.4 is 10.6 Å². The summed E-state index contributed by atoms with van der Waals surface area (Å²) < 4.78 is 0.892. The molecule has 0 spiro atoms. The summed E-state index contributed by atoms with van der Waals surface area (Å²) in [6, 6.07) is 16.4. The van der Waals surface area contributed by atoms with Crippen LogP contribution in [0, 0.1) is 0 Å². The number of urea groups is 1. The van der Waals surface area contributed by atoms with Crippen molar-refractivity contribution >= 4 is 27.6 Å². The molecule has 4 nitrogen and oxygen atoms in total. The van der Waals surface area contributed by atoms with Crippen LogP contribution >= 0.6 is 15.9 Å². The summed E-state index contributed by atoms with van der Waals surface area (Å²) in [6.07, 6.45) is 0.587. The quantitative estimate of drug-likeness (QED) is 0.777. The topological polar surface area (TPSA) is 61.4 Å². The largest absolute Gasteiger partial charge is 0.394 e. The van der Waals surface area contributed by atoms with Crippen LogP contribution in [0.5, 0.6) is 0 Å². The van der Waals surface area contributed by atoms with E-state index in [4.69, 9.17) is 0 Å². The molecule has 2 aromatic rings. The van der Waals surface area contributed by atoms with Gasteiger partial charge in [-0.15, -0.1) is 0 Å². The van der Waals surface area contributed by atoms with Crippen molar-refractivity contribution < 1.29 is 9.90 Å². The number of hydrogen-bond donors (Lipinski definition) is 3. The van der Waals surface area contributed by atoms with Gasteiger partial charge in [-0.05, 0) is 30.2 Å². The van der Waals surface area contributed by atoms with Gasteiger partial charge >= 0.3 is 6.03 Å². The molecule has 110 valence electrons. The molecular formula is C16H17BrN2O2. The number of carbonyl (C=O) groups is 1. The summed E-state index contributed by atoms with van der Waals surface area (Å²) in [4.78, 5) is 11.9. The summed E-state index contributed by atoms with van der Waals surface area (Å²) in [6.45, 7) is -0.110. The van der Waals surface area contributed by atoms with Gasteiger partial charge in [-0.2, -0.15) is 0 Å². The second kappa shape index (κ2) is 7.81. The Labute approximate surface area is 132 Å². The predicted octanol–water partition coefficient (Wildman–Crippen LogP) is 3.17. The van der Waals surface area contributed by atoms with Crippen molar-refractivity contribution in [3.8, 4) is 0 Å². The Morgan fingerprint density at radius 1 is 1.14 bits per heavy atom. The van der Waals surface area contributed by atoms with Gasteiger partial charge in [0.25, 0.3) is 0 Å². The molecule has 2 rings (SSSR count). The zero-order chi connectivity index (χ0) is 15.1. The van der Waals surface area contributed by atoms with E-state index in [9.17, 15) is 9.90 Å². The van der Waals surface area contributed by atoms with Crippen LogP contribution in [0.2, 0.25) is 0 Å². The Morgan fingerprint density at radius 2 is 1.90 bits per heavy atom. The zero-order valence-electron chi connectivity index (χ0n) is 11.4. The molecule has 1 atom stereocenters. The molecule has 5 heteroatoms. The average molecular weight is 349 g/mol. The summed E-state index contributed by atoms with van der Waals surface area (Å²) in [5.74, 6) is 0. The van der Waals surface area contributed by atoms with Crippen molar-refractivity contribution in [1.82, 2.24) is 5.32 Å². The van der Waals surface area contributed by atoms with E-state index < -0.39 is 0 Å². The first-order valence-electron chi connectivity index (χ1n) is 6.65. The average Bonchev–Trinajstić information content (AvgIpc) is 2.47. The number of aliphatic hydroxyl groups is 1. The number of nitrogens with one attached hydrogen (secondary N) is 2. The second-order valence-corrected chi connectivity index (χ2v) is 5.59. The molecule has 3 N–H and O–H groups in total. The van der Waals surface area contributed by atoms with Gasteiger partial charge in [0.2, 0.25) is 0 Å². The zero-order valence-corrected chi connectivity index (χ0v) is 13.0. The van der Waals surface area contributed by atoms with Crippen molar-refractivity contribution in [2.75, 3.05) is 11.9 Å². The van der Waals surface area contributed by atoms with E-state index in [1.165, 1.54) is 0 Å². The van der Waals surface area contributed by atoms with E-state index >= 15 is 0 Å². The molecule has 0 saturated carbocycles. The van der Waals surface area contributed by atoms with Crippen LogP contribution in [0.15, 0.2) is 59.1 Å². The van der Waals surface area contributed by atoms with Crippen LogP contribution in [-0.4, -0.2) is 23.8 Å². The monoisotopic (exact) mass is 348 g/mol. The number of halogens is 1. The van der Waals surface area contributed by atoms with Crippen molar-refractivity contribution in [2.24, 2.45) is 0 Å². The Balaban J connectivity index is 1.90. The molecule has 1 unspecified atom stereocenters. The number of benzene rings is 2. The summed E-state index contributed by atoms with van der Waals surface area (Å²) in [7, 11) is 0. The van der Waals surface area contributed by atoms with Gasteiger partial charge in [0, 0.05) is 10.2 Å². The van der Waals surface area contributed by atoms with Gasteiger partial charge in [0.15, 0.2) is 0 Å². The second-order valence-electron chi connectivity index (χ2n) is 4.68. The molecule has 0 aliphatic carbocycles. The lowest BCUT2D eigenvalue weighted by atomic mass is 10.1. The van der Waals surface area contributed by atoms with Gasteiger partial charge in [-0.25, -0.2) is 4.79 Å². The fraction of sp³-hybridized carbons (Fsp3) is 0.188. The van der Waals surface area contributed by atoms with E-state index in [1.807, 2.05) is 48.5 Å². The lowest BCUT2D eigenvalue weighted by Crippen LogP contribution is -2.41. The molecule has 0 radical (unpaired) electrons. The van der Waals surface area contributed by atoms with Gasteiger partial charge in [-0.1, -0.05) is 52.3 Å². The molecule has 0 heterocycles. The fourth-order valence-electron chi connectivity index (χ4n) is 1.98. The van der Waals surface area contributed by atoms with Crippen molar-refractivity contribution in [2.45, 2.75) is 12.5 Å². The highest BCUT2D eigenvalue weighted by Gasteiger charge is 2.12. The summed E-state index contributed by atoms with van der Waals surface area (Å²) in [5, 5.41) is 14.9. The van der Waals surface area contributed by atoms with Crippen molar-refractivity contribution in [3.05, 3.63) is 64.6 Å². The Bertz CT molecular complexity index is 590. The minimum Gasteiger partial charge on any atom is -0.394 e. The number of anilines is 1. The highest BCUT2D eigenvalue weighted by Crippen LogP contribution is 2.15. The van der Waals surface area contributed by atoms with Crippen LogP contribution in [0.1, 0.15) is 5.56 Å². The molecule has 2 amide bonds. The molecule has 0 saturated heterocycles. The van der Waals surface area contributed by atoms with E-state index in [-0.39, 0.29) is 18.7 Å². The first-order valence-corrected chi connectivity index (χ1v) is 7.44. The number of aliphatic hydroxyl groups excluding tert-OH is 1. The SMILES string of the molecule is O=C(Nc1cccc(Br)c1)NC(CO)Cc1ccccc1. The van der Waals surface area contributed by atoms with Crippen LogP contribution in [0.4, 0.5) is 10.5 Å². The minimum absolute atomic E-state index is 0.110. The van der Waals surface area contributed by atoms with Crippen LogP contribution in [0.3, 0.4) is 0 Å². The number of carbonyl (C=O) groups excluding carboxylic acids is 1. The van der Waals surface area contributed by atoms with Gasteiger partial charge in [-0.3, -0.25) is 0 Å². The maximum Gasteiger partial charge on any atom is 0.319 e. The smallest absolute Gasteiger partial charge is 0.319 e. The third kappa shape index (κ3) is 5.21.